The van der Waals surface area contributed by atoms with Crippen molar-refractivity contribution >= 4 is 23.5 Å². The molecule has 0 N–H and O–H groups in total. The van der Waals surface area contributed by atoms with Gasteiger partial charge >= 0.3 is 0 Å². The molecular formula is C27H29ClN4O3. The highest BCUT2D eigenvalue weighted by atomic mass is 35.5. The van der Waals surface area contributed by atoms with Gasteiger partial charge in [-0.3, -0.25) is 4.79 Å². The van der Waals surface area contributed by atoms with Crippen LogP contribution in [0.1, 0.15) is 41.4 Å². The summed E-state index contributed by atoms with van der Waals surface area (Å²) in [6.45, 7) is 5.09. The highest BCUT2D eigenvalue weighted by Crippen LogP contribution is 2.36. The summed E-state index contributed by atoms with van der Waals surface area (Å²) in [5.41, 5.74) is 2.36. The van der Waals surface area contributed by atoms with E-state index in [1.165, 1.54) is 0 Å². The number of piperidine rings is 1. The van der Waals surface area contributed by atoms with Crippen LogP contribution in [0.2, 0.25) is 5.02 Å². The molecule has 8 heteroatoms. The number of fused-ring (bicyclic) bond motifs is 1. The number of anilines is 1. The number of hydrogen-bond donors (Lipinski definition) is 0. The second-order valence-electron chi connectivity index (χ2n) is 9.16. The Labute approximate surface area is 210 Å². The van der Waals surface area contributed by atoms with Gasteiger partial charge in [0, 0.05) is 36.6 Å². The van der Waals surface area contributed by atoms with Crippen molar-refractivity contribution in [2.75, 3.05) is 31.6 Å². The van der Waals surface area contributed by atoms with Crippen molar-refractivity contribution in [2.24, 2.45) is 5.92 Å². The first-order valence-corrected chi connectivity index (χ1v) is 12.4. The number of benzene rings is 2. The zero-order valence-corrected chi connectivity index (χ0v) is 20.8. The van der Waals surface area contributed by atoms with Crippen molar-refractivity contribution in [1.82, 2.24) is 14.9 Å². The predicted octanol–water partition coefficient (Wildman–Crippen LogP) is 5.37. The average molecular weight is 493 g/mol. The van der Waals surface area contributed by atoms with E-state index < -0.39 is 0 Å². The Morgan fingerprint density at radius 3 is 2.43 bits per heavy atom. The van der Waals surface area contributed by atoms with Gasteiger partial charge in [0.15, 0.2) is 11.5 Å². The Kier molecular flexibility index (Phi) is 6.77. The molecule has 1 amide bonds. The molecule has 0 bridgehead atoms. The fourth-order valence-corrected chi connectivity index (χ4v) is 4.69. The monoisotopic (exact) mass is 492 g/mol. The minimum Gasteiger partial charge on any atom is -0.493 e. The number of amides is 1. The van der Waals surface area contributed by atoms with Crippen LogP contribution in [0.5, 0.6) is 17.4 Å². The van der Waals surface area contributed by atoms with Gasteiger partial charge in [0.1, 0.15) is 0 Å². The first-order chi connectivity index (χ1) is 17.0. The van der Waals surface area contributed by atoms with Crippen LogP contribution in [0.3, 0.4) is 0 Å². The van der Waals surface area contributed by atoms with Crippen LogP contribution in [0.25, 0.3) is 0 Å². The lowest BCUT2D eigenvalue weighted by molar-refractivity contribution is 0.0732. The Morgan fingerprint density at radius 1 is 1.00 bits per heavy atom. The summed E-state index contributed by atoms with van der Waals surface area (Å²) in [4.78, 5) is 27.1. The Balaban J connectivity index is 1.49. The number of hydrogen-bond acceptors (Lipinski definition) is 6. The average Bonchev–Trinajstić information content (AvgIpc) is 2.89. The molecule has 1 fully saturated rings. The van der Waals surface area contributed by atoms with E-state index in [1.807, 2.05) is 29.2 Å². The number of rotatable bonds is 5. The van der Waals surface area contributed by atoms with Gasteiger partial charge in [0.2, 0.25) is 11.8 Å². The number of ether oxygens (including phenoxy) is 2. The summed E-state index contributed by atoms with van der Waals surface area (Å²) in [6, 6.07) is 14.5. The molecule has 3 heterocycles. The van der Waals surface area contributed by atoms with Gasteiger partial charge in [-0.1, -0.05) is 30.7 Å². The lowest BCUT2D eigenvalue weighted by Crippen LogP contribution is -2.38. The third kappa shape index (κ3) is 5.05. The highest BCUT2D eigenvalue weighted by Gasteiger charge is 2.29. The predicted molar refractivity (Wildman–Crippen MR) is 136 cm³/mol. The Bertz CT molecular complexity index is 1210. The summed E-state index contributed by atoms with van der Waals surface area (Å²) in [5.74, 6) is 3.03. The maximum Gasteiger partial charge on any atom is 0.254 e. The normalized spacial score (nSPS) is 16.1. The second-order valence-corrected chi connectivity index (χ2v) is 9.60. The molecule has 0 spiro atoms. The van der Waals surface area contributed by atoms with Crippen LogP contribution in [-0.2, 0) is 13.0 Å². The van der Waals surface area contributed by atoms with Crippen molar-refractivity contribution in [2.45, 2.75) is 32.7 Å². The number of nitrogens with zero attached hydrogens (tertiary/aromatic N) is 4. The van der Waals surface area contributed by atoms with E-state index in [2.05, 4.69) is 11.8 Å². The molecule has 5 rings (SSSR count). The third-order valence-electron chi connectivity index (χ3n) is 6.73. The minimum absolute atomic E-state index is 0.0512. The van der Waals surface area contributed by atoms with Crippen molar-refractivity contribution in [3.8, 4) is 17.4 Å². The SMILES string of the molecule is COc1ccccc1Oc1nc(N2CCC(C)CC2)nc2c1CN(C(=O)c1ccc(Cl)cc1)CC2. The van der Waals surface area contributed by atoms with Crippen molar-refractivity contribution in [3.63, 3.8) is 0 Å². The van der Waals surface area contributed by atoms with Crippen LogP contribution in [0.4, 0.5) is 5.95 Å². The van der Waals surface area contributed by atoms with Crippen molar-refractivity contribution < 1.29 is 14.3 Å². The largest absolute Gasteiger partial charge is 0.493 e. The molecule has 3 aromatic rings. The first-order valence-electron chi connectivity index (χ1n) is 12.0. The molecule has 2 aliphatic rings. The van der Waals surface area contributed by atoms with Crippen LogP contribution >= 0.6 is 11.6 Å². The number of aromatic nitrogens is 2. The Morgan fingerprint density at radius 2 is 1.71 bits per heavy atom. The van der Waals surface area contributed by atoms with E-state index in [0.717, 1.165) is 37.2 Å². The fraction of sp³-hybridized carbons (Fsp3) is 0.370. The zero-order valence-electron chi connectivity index (χ0n) is 20.0. The molecule has 0 atom stereocenters. The molecule has 7 nitrogen and oxygen atoms in total. The summed E-state index contributed by atoms with van der Waals surface area (Å²) < 4.78 is 11.8. The minimum atomic E-state index is -0.0512. The Hall–Kier alpha value is -3.32. The molecule has 2 aliphatic heterocycles. The van der Waals surface area contributed by atoms with Crippen LogP contribution < -0.4 is 14.4 Å². The highest BCUT2D eigenvalue weighted by molar-refractivity contribution is 6.30. The van der Waals surface area contributed by atoms with E-state index in [1.54, 1.807) is 31.4 Å². The first kappa shape index (κ1) is 23.4. The van der Waals surface area contributed by atoms with Crippen LogP contribution in [-0.4, -0.2) is 47.5 Å². The summed E-state index contributed by atoms with van der Waals surface area (Å²) in [6.07, 6.45) is 2.87. The van der Waals surface area contributed by atoms with Crippen LogP contribution in [0.15, 0.2) is 48.5 Å². The van der Waals surface area contributed by atoms with Gasteiger partial charge in [-0.25, -0.2) is 4.98 Å². The number of para-hydroxylation sites is 2. The molecule has 2 aromatic carbocycles. The topological polar surface area (TPSA) is 67.8 Å². The number of halogens is 1. The van der Waals surface area contributed by atoms with Crippen LogP contribution in [0, 0.1) is 5.92 Å². The van der Waals surface area contributed by atoms with Gasteiger partial charge < -0.3 is 19.3 Å². The quantitative estimate of drug-likeness (QED) is 0.477. The lowest BCUT2D eigenvalue weighted by atomic mass is 9.99. The molecule has 1 saturated heterocycles. The maximum absolute atomic E-state index is 13.2. The lowest BCUT2D eigenvalue weighted by Gasteiger charge is -2.33. The molecule has 0 unspecified atom stereocenters. The van der Waals surface area contributed by atoms with Gasteiger partial charge in [-0.05, 0) is 55.2 Å². The molecule has 35 heavy (non-hydrogen) atoms. The fourth-order valence-electron chi connectivity index (χ4n) is 4.56. The third-order valence-corrected chi connectivity index (χ3v) is 6.98. The van der Waals surface area contributed by atoms with E-state index in [4.69, 9.17) is 31.0 Å². The van der Waals surface area contributed by atoms with E-state index in [-0.39, 0.29) is 5.91 Å². The number of carbonyl (C=O) groups excluding carboxylic acids is 1. The van der Waals surface area contributed by atoms with Gasteiger partial charge in [0.05, 0.1) is 24.9 Å². The molecule has 0 saturated carbocycles. The maximum atomic E-state index is 13.2. The smallest absolute Gasteiger partial charge is 0.254 e. The molecule has 1 aromatic heterocycles. The molecular weight excluding hydrogens is 464 g/mol. The standard InChI is InChI=1S/C27H29ClN4O3/c1-18-11-14-31(15-12-18)27-29-22-13-16-32(26(33)19-7-9-20(28)10-8-19)17-21(22)25(30-27)35-24-6-4-3-5-23(24)34-2/h3-10,18H,11-17H2,1-2H3. The number of methoxy groups -OCH3 is 1. The summed E-state index contributed by atoms with van der Waals surface area (Å²) in [5, 5.41) is 0.603. The van der Waals surface area contributed by atoms with Crippen molar-refractivity contribution in [3.05, 3.63) is 70.4 Å². The number of carbonyl (C=O) groups is 1. The second kappa shape index (κ2) is 10.1. The summed E-state index contributed by atoms with van der Waals surface area (Å²) >= 11 is 6.01. The van der Waals surface area contributed by atoms with Gasteiger partial charge in [-0.2, -0.15) is 4.98 Å². The molecule has 182 valence electrons. The van der Waals surface area contributed by atoms with Gasteiger partial charge in [0.25, 0.3) is 5.91 Å². The zero-order chi connectivity index (χ0) is 24.4. The van der Waals surface area contributed by atoms with Crippen molar-refractivity contribution in [1.29, 1.82) is 0 Å². The van der Waals surface area contributed by atoms with E-state index >= 15 is 0 Å². The molecule has 0 radical (unpaired) electrons. The van der Waals surface area contributed by atoms with Gasteiger partial charge in [-0.15, -0.1) is 0 Å². The summed E-state index contributed by atoms with van der Waals surface area (Å²) in [7, 11) is 1.62. The van der Waals surface area contributed by atoms with E-state index in [9.17, 15) is 4.79 Å². The van der Waals surface area contributed by atoms with E-state index in [0.29, 0.717) is 59.3 Å². The molecule has 0 aliphatic carbocycles.